The van der Waals surface area contributed by atoms with Gasteiger partial charge in [-0.1, -0.05) is 118 Å². The zero-order valence-electron chi connectivity index (χ0n) is 23.7. The summed E-state index contributed by atoms with van der Waals surface area (Å²) in [7, 11) is 0. The van der Waals surface area contributed by atoms with Crippen molar-refractivity contribution in [1.29, 1.82) is 0 Å². The monoisotopic (exact) mass is 544 g/mol. The fourth-order valence-corrected chi connectivity index (χ4v) is 5.43. The second-order valence-electron chi connectivity index (χ2n) is 11.2. The van der Waals surface area contributed by atoms with Gasteiger partial charge in [0.05, 0.1) is 17.4 Å². The van der Waals surface area contributed by atoms with Crippen molar-refractivity contribution in [2.24, 2.45) is 5.10 Å². The van der Waals surface area contributed by atoms with E-state index >= 15 is 0 Å². The Morgan fingerprint density at radius 3 is 2.05 bits per heavy atom. The Morgan fingerprint density at radius 2 is 1.43 bits per heavy atom. The molecule has 3 heteroatoms. The molecule has 0 spiro atoms. The molecule has 1 aliphatic rings. The van der Waals surface area contributed by atoms with Crippen LogP contribution in [0.5, 0.6) is 0 Å². The van der Waals surface area contributed by atoms with Gasteiger partial charge in [-0.2, -0.15) is 5.10 Å². The van der Waals surface area contributed by atoms with Crippen LogP contribution < -0.4 is 5.01 Å². The van der Waals surface area contributed by atoms with Crippen LogP contribution >= 0.6 is 11.6 Å². The lowest BCUT2D eigenvalue weighted by molar-refractivity contribution is 0.450. The summed E-state index contributed by atoms with van der Waals surface area (Å²) in [5, 5.41) is 8.05. The third-order valence-electron chi connectivity index (χ3n) is 7.83. The summed E-state index contributed by atoms with van der Waals surface area (Å²) < 4.78 is 0. The molecule has 0 radical (unpaired) electrons. The molecule has 0 aromatic heterocycles. The van der Waals surface area contributed by atoms with Crippen LogP contribution in [0, 0.1) is 11.8 Å². The maximum absolute atomic E-state index is 5.99. The summed E-state index contributed by atoms with van der Waals surface area (Å²) in [6.07, 6.45) is 5.90. The maximum Gasteiger partial charge on any atom is 0.0831 e. The van der Waals surface area contributed by atoms with E-state index in [1.807, 2.05) is 24.3 Å². The lowest BCUT2D eigenvalue weighted by Crippen LogP contribution is -2.20. The minimum Gasteiger partial charge on any atom is -0.257 e. The van der Waals surface area contributed by atoms with Crippen LogP contribution in [-0.4, -0.2) is 5.71 Å². The molecule has 0 amide bonds. The third-order valence-corrected chi connectivity index (χ3v) is 8.08. The molecule has 0 N–H and O–H groups in total. The van der Waals surface area contributed by atoms with Crippen LogP contribution in [-0.2, 0) is 5.41 Å². The van der Waals surface area contributed by atoms with Crippen molar-refractivity contribution in [2.75, 3.05) is 5.01 Å². The normalized spacial score (nSPS) is 14.9. The summed E-state index contributed by atoms with van der Waals surface area (Å²) in [5.41, 5.74) is 8.15. The molecule has 1 unspecified atom stereocenters. The van der Waals surface area contributed by atoms with Crippen LogP contribution in [0.3, 0.4) is 0 Å². The summed E-state index contributed by atoms with van der Waals surface area (Å²) >= 11 is 5.99. The van der Waals surface area contributed by atoms with Crippen molar-refractivity contribution in [1.82, 2.24) is 0 Å². The first-order chi connectivity index (χ1) is 19.4. The molecule has 0 aliphatic carbocycles. The van der Waals surface area contributed by atoms with Crippen LogP contribution in [0.2, 0.25) is 5.02 Å². The van der Waals surface area contributed by atoms with Gasteiger partial charge in [-0.15, -0.1) is 0 Å². The number of hydrogen-bond acceptors (Lipinski definition) is 2. The van der Waals surface area contributed by atoms with Crippen LogP contribution in [0.4, 0.5) is 5.69 Å². The van der Waals surface area contributed by atoms with E-state index in [4.69, 9.17) is 16.7 Å². The molecule has 1 heterocycles. The van der Waals surface area contributed by atoms with E-state index in [1.54, 1.807) is 0 Å². The van der Waals surface area contributed by atoms with E-state index in [2.05, 4.69) is 116 Å². The first-order valence-corrected chi connectivity index (χ1v) is 14.7. The molecule has 40 heavy (non-hydrogen) atoms. The number of nitrogens with zero attached hydrogens (tertiary/aromatic N) is 2. The summed E-state index contributed by atoms with van der Waals surface area (Å²) in [6.45, 7) is 7.01. The number of halogens is 1. The molecule has 0 fully saturated rings. The van der Waals surface area contributed by atoms with Gasteiger partial charge in [0.25, 0.3) is 0 Å². The predicted molar refractivity (Wildman–Crippen MR) is 170 cm³/mol. The smallest absolute Gasteiger partial charge is 0.0831 e. The molecule has 2 nitrogen and oxygen atoms in total. The Kier molecular flexibility index (Phi) is 8.73. The SMILES string of the molecule is CCCCCC(C)(C)c1ccc(C2CC(c3ccc(C#Cc4ccc(Cl)cc4)cc3)=NN2c2ccccc2)cc1. The number of para-hydroxylation sites is 1. The van der Waals surface area contributed by atoms with Crippen LogP contribution in [0.1, 0.15) is 86.7 Å². The number of unbranched alkanes of at least 4 members (excludes halogenated alkanes) is 2. The van der Waals surface area contributed by atoms with E-state index in [0.29, 0.717) is 0 Å². The molecule has 4 aromatic rings. The zero-order chi connectivity index (χ0) is 28.0. The molecule has 0 saturated carbocycles. The second kappa shape index (κ2) is 12.6. The van der Waals surface area contributed by atoms with Crippen molar-refractivity contribution in [3.05, 3.63) is 136 Å². The van der Waals surface area contributed by atoms with Crippen molar-refractivity contribution >= 4 is 23.0 Å². The first-order valence-electron chi connectivity index (χ1n) is 14.3. The fourth-order valence-electron chi connectivity index (χ4n) is 5.30. The van der Waals surface area contributed by atoms with Gasteiger partial charge >= 0.3 is 0 Å². The number of anilines is 1. The number of hydrogen-bond donors (Lipinski definition) is 0. The Bertz CT molecular complexity index is 1490. The predicted octanol–water partition coefficient (Wildman–Crippen LogP) is 9.95. The number of benzene rings is 4. The fraction of sp³-hybridized carbons (Fsp3) is 0.270. The van der Waals surface area contributed by atoms with Gasteiger partial charge in [-0.05, 0) is 77.1 Å². The highest BCUT2D eigenvalue weighted by Gasteiger charge is 2.30. The quantitative estimate of drug-likeness (QED) is 0.159. The topological polar surface area (TPSA) is 15.6 Å². The largest absolute Gasteiger partial charge is 0.257 e. The average Bonchev–Trinajstić information content (AvgIpc) is 3.43. The highest BCUT2D eigenvalue weighted by Crippen LogP contribution is 2.38. The molecule has 5 rings (SSSR count). The Labute approximate surface area is 244 Å². The number of hydrazone groups is 1. The molecular weight excluding hydrogens is 508 g/mol. The van der Waals surface area contributed by atoms with Crippen LogP contribution in [0.25, 0.3) is 0 Å². The van der Waals surface area contributed by atoms with Crippen molar-refractivity contribution in [2.45, 2.75) is 64.3 Å². The van der Waals surface area contributed by atoms with E-state index in [1.165, 1.54) is 36.8 Å². The first kappa shape index (κ1) is 27.8. The van der Waals surface area contributed by atoms with Gasteiger partial charge in [0.15, 0.2) is 0 Å². The molecule has 0 saturated heterocycles. The molecule has 0 bridgehead atoms. The highest BCUT2D eigenvalue weighted by molar-refractivity contribution is 6.30. The Balaban J connectivity index is 1.36. The van der Waals surface area contributed by atoms with E-state index in [9.17, 15) is 0 Å². The van der Waals surface area contributed by atoms with Crippen molar-refractivity contribution in [3.8, 4) is 11.8 Å². The van der Waals surface area contributed by atoms with Crippen molar-refractivity contribution < 1.29 is 0 Å². The summed E-state index contributed by atoms with van der Waals surface area (Å²) in [6, 6.07) is 36.0. The van der Waals surface area contributed by atoms with Gasteiger partial charge in [0, 0.05) is 22.6 Å². The lowest BCUT2D eigenvalue weighted by atomic mass is 9.79. The third kappa shape index (κ3) is 6.67. The van der Waals surface area contributed by atoms with Crippen LogP contribution in [0.15, 0.2) is 108 Å². The maximum atomic E-state index is 5.99. The number of rotatable bonds is 8. The molecular formula is C37H37ClN2. The van der Waals surface area contributed by atoms with Gasteiger partial charge < -0.3 is 0 Å². The summed E-state index contributed by atoms with van der Waals surface area (Å²) in [5.74, 6) is 6.47. The van der Waals surface area contributed by atoms with Gasteiger partial charge in [0.2, 0.25) is 0 Å². The van der Waals surface area contributed by atoms with E-state index < -0.39 is 0 Å². The Morgan fingerprint density at radius 1 is 0.800 bits per heavy atom. The minimum atomic E-state index is 0.152. The zero-order valence-corrected chi connectivity index (χ0v) is 24.5. The van der Waals surface area contributed by atoms with Gasteiger partial charge in [-0.3, -0.25) is 5.01 Å². The van der Waals surface area contributed by atoms with Gasteiger partial charge in [-0.25, -0.2) is 0 Å². The van der Waals surface area contributed by atoms with Gasteiger partial charge in [0.1, 0.15) is 0 Å². The standard InChI is InChI=1S/C37H37ClN2/c1-4-5-9-26-37(2,3)32-22-20-31(21-23-32)36-27-35(39-40(36)34-10-7-6-8-11-34)30-18-14-28(15-19-30)12-13-29-16-24-33(38)25-17-29/h6-8,10-11,14-25,36H,4-5,9,26-27H2,1-3H3. The van der Waals surface area contributed by atoms with E-state index in [-0.39, 0.29) is 11.5 Å². The Hall–Kier alpha value is -3.80. The minimum absolute atomic E-state index is 0.152. The lowest BCUT2D eigenvalue weighted by Gasteiger charge is -2.27. The molecule has 1 atom stereocenters. The average molecular weight is 545 g/mol. The molecule has 202 valence electrons. The molecule has 1 aliphatic heterocycles. The highest BCUT2D eigenvalue weighted by atomic mass is 35.5. The second-order valence-corrected chi connectivity index (χ2v) is 11.7. The molecule has 4 aromatic carbocycles. The van der Waals surface area contributed by atoms with Crippen molar-refractivity contribution in [3.63, 3.8) is 0 Å². The summed E-state index contributed by atoms with van der Waals surface area (Å²) in [4.78, 5) is 0. The van der Waals surface area contributed by atoms with E-state index in [0.717, 1.165) is 39.5 Å².